The number of carbonyl (C=O) groups excluding carboxylic acids is 2. The molecule has 1 heterocycles. The van der Waals surface area contributed by atoms with Gasteiger partial charge in [0.05, 0.1) is 12.7 Å². The summed E-state index contributed by atoms with van der Waals surface area (Å²) in [5, 5.41) is 0. The molecule has 1 rings (SSSR count). The summed E-state index contributed by atoms with van der Waals surface area (Å²) in [6.45, 7) is 7.37. The van der Waals surface area contributed by atoms with E-state index < -0.39 is 11.8 Å². The lowest BCUT2D eigenvalue weighted by atomic mass is 10.1. The fourth-order valence-corrected chi connectivity index (χ4v) is 1.35. The lowest BCUT2D eigenvalue weighted by Gasteiger charge is -2.11. The molecule has 0 atom stereocenters. The first-order valence-electron chi connectivity index (χ1n) is 5.80. The van der Waals surface area contributed by atoms with Crippen LogP contribution in [0.2, 0.25) is 0 Å². The van der Waals surface area contributed by atoms with Gasteiger partial charge >= 0.3 is 5.97 Å². The van der Waals surface area contributed by atoms with Crippen molar-refractivity contribution in [2.24, 2.45) is 0 Å². The molecule has 1 aromatic rings. The molecule has 5 nitrogen and oxygen atoms in total. The van der Waals surface area contributed by atoms with Gasteiger partial charge in [-0.15, -0.1) is 0 Å². The van der Waals surface area contributed by atoms with E-state index in [1.807, 2.05) is 13.8 Å². The van der Waals surface area contributed by atoms with Gasteiger partial charge in [-0.1, -0.05) is 0 Å². The first-order chi connectivity index (χ1) is 8.45. The molecular weight excluding hydrogens is 234 g/mol. The summed E-state index contributed by atoms with van der Waals surface area (Å²) in [5.41, 5.74) is 0.918. The number of nitrogens with zero attached hydrogens (tertiary/aromatic N) is 1. The van der Waals surface area contributed by atoms with Crippen LogP contribution in [0.4, 0.5) is 0 Å². The molecule has 5 heteroatoms. The molecule has 0 bridgehead atoms. The predicted octanol–water partition coefficient (Wildman–Crippen LogP) is 1.92. The second kappa shape index (κ2) is 6.14. The topological polar surface area (TPSA) is 65.5 Å². The molecule has 1 aromatic heterocycles. The second-order valence-electron chi connectivity index (χ2n) is 4.06. The number of ketones is 1. The molecule has 0 N–H and O–H groups in total. The van der Waals surface area contributed by atoms with Gasteiger partial charge in [0.1, 0.15) is 0 Å². The lowest BCUT2D eigenvalue weighted by molar-refractivity contribution is -0.137. The predicted molar refractivity (Wildman–Crippen MR) is 65.7 cm³/mol. The molecule has 0 saturated heterocycles. The Hall–Kier alpha value is -1.91. The molecule has 18 heavy (non-hydrogen) atoms. The molecule has 0 aliphatic heterocycles. The highest BCUT2D eigenvalue weighted by molar-refractivity contribution is 6.40. The van der Waals surface area contributed by atoms with Crippen LogP contribution in [-0.4, -0.2) is 29.4 Å². The summed E-state index contributed by atoms with van der Waals surface area (Å²) in [6, 6.07) is 1.57. The van der Waals surface area contributed by atoms with Crippen molar-refractivity contribution in [2.45, 2.75) is 33.8 Å². The zero-order valence-corrected chi connectivity index (χ0v) is 11.0. The number of aromatic nitrogens is 1. The van der Waals surface area contributed by atoms with Crippen LogP contribution >= 0.6 is 0 Å². The van der Waals surface area contributed by atoms with Crippen molar-refractivity contribution < 1.29 is 19.1 Å². The number of aryl methyl sites for hydroxylation is 1. The van der Waals surface area contributed by atoms with Gasteiger partial charge in [-0.2, -0.15) is 0 Å². The highest BCUT2D eigenvalue weighted by atomic mass is 16.5. The van der Waals surface area contributed by atoms with E-state index in [9.17, 15) is 9.59 Å². The van der Waals surface area contributed by atoms with Crippen molar-refractivity contribution in [3.8, 4) is 5.88 Å². The third kappa shape index (κ3) is 3.55. The van der Waals surface area contributed by atoms with Crippen LogP contribution in [0, 0.1) is 6.92 Å². The minimum atomic E-state index is -0.865. The molecule has 0 aliphatic rings. The zero-order valence-electron chi connectivity index (χ0n) is 11.0. The van der Waals surface area contributed by atoms with Gasteiger partial charge in [-0.25, -0.2) is 9.78 Å². The standard InChI is InChI=1S/C13H17NO4/c1-5-17-13(16)11(15)10-6-9(4)12(14-7-10)18-8(2)3/h6-8H,5H2,1-4H3. The summed E-state index contributed by atoms with van der Waals surface area (Å²) < 4.78 is 10.1. The third-order valence-electron chi connectivity index (χ3n) is 2.10. The lowest BCUT2D eigenvalue weighted by Crippen LogP contribution is -2.18. The summed E-state index contributed by atoms with van der Waals surface area (Å²) >= 11 is 0. The molecular formula is C13H17NO4. The Bertz CT molecular complexity index is 454. The van der Waals surface area contributed by atoms with Gasteiger partial charge in [-0.05, 0) is 33.8 Å². The smallest absolute Gasteiger partial charge is 0.379 e. The van der Waals surface area contributed by atoms with Crippen molar-refractivity contribution in [1.82, 2.24) is 4.98 Å². The molecule has 0 aliphatic carbocycles. The number of hydrogen-bond donors (Lipinski definition) is 0. The van der Waals surface area contributed by atoms with Crippen LogP contribution in [0.3, 0.4) is 0 Å². The van der Waals surface area contributed by atoms with Crippen molar-refractivity contribution in [1.29, 1.82) is 0 Å². The number of carbonyl (C=O) groups is 2. The molecule has 0 amide bonds. The molecule has 0 saturated carbocycles. The van der Waals surface area contributed by atoms with Crippen molar-refractivity contribution >= 4 is 11.8 Å². The molecule has 0 aromatic carbocycles. The number of pyridine rings is 1. The number of ether oxygens (including phenoxy) is 2. The van der Waals surface area contributed by atoms with Gasteiger partial charge in [-0.3, -0.25) is 4.79 Å². The van der Waals surface area contributed by atoms with Crippen LogP contribution in [0.25, 0.3) is 0 Å². The summed E-state index contributed by atoms with van der Waals surface area (Å²) in [5.74, 6) is -1.09. The Balaban J connectivity index is 2.90. The molecule has 0 radical (unpaired) electrons. The average Bonchev–Trinajstić information content (AvgIpc) is 2.30. The van der Waals surface area contributed by atoms with Gasteiger partial charge in [0, 0.05) is 17.3 Å². The number of rotatable bonds is 5. The zero-order chi connectivity index (χ0) is 13.7. The van der Waals surface area contributed by atoms with E-state index in [1.54, 1.807) is 19.9 Å². The minimum Gasteiger partial charge on any atom is -0.475 e. The first kappa shape index (κ1) is 14.2. The van der Waals surface area contributed by atoms with Crippen molar-refractivity contribution in [2.75, 3.05) is 6.61 Å². The quantitative estimate of drug-likeness (QED) is 0.454. The first-order valence-corrected chi connectivity index (χ1v) is 5.80. The normalized spacial score (nSPS) is 10.3. The van der Waals surface area contributed by atoms with Gasteiger partial charge in [0.25, 0.3) is 5.78 Å². The minimum absolute atomic E-state index is 0.00260. The van der Waals surface area contributed by atoms with Gasteiger partial charge < -0.3 is 9.47 Å². The Morgan fingerprint density at radius 2 is 2.06 bits per heavy atom. The van der Waals surface area contributed by atoms with E-state index in [0.717, 1.165) is 0 Å². The molecule has 0 unspecified atom stereocenters. The van der Waals surface area contributed by atoms with Crippen molar-refractivity contribution in [3.05, 3.63) is 23.4 Å². The molecule has 0 spiro atoms. The summed E-state index contributed by atoms with van der Waals surface area (Å²) in [4.78, 5) is 27.0. The largest absolute Gasteiger partial charge is 0.475 e. The van der Waals surface area contributed by atoms with Crippen LogP contribution in [0.5, 0.6) is 5.88 Å². The Morgan fingerprint density at radius 1 is 1.39 bits per heavy atom. The highest BCUT2D eigenvalue weighted by Crippen LogP contribution is 2.17. The maximum atomic E-state index is 11.7. The average molecular weight is 251 g/mol. The van der Waals surface area contributed by atoms with Crippen LogP contribution < -0.4 is 4.74 Å². The van der Waals surface area contributed by atoms with Gasteiger partial charge in [0.2, 0.25) is 5.88 Å². The third-order valence-corrected chi connectivity index (χ3v) is 2.10. The number of Topliss-reactive ketones (excluding diaryl/α,β-unsaturated/α-hetero) is 1. The van der Waals surface area contributed by atoms with Crippen LogP contribution in [-0.2, 0) is 9.53 Å². The SMILES string of the molecule is CCOC(=O)C(=O)c1cnc(OC(C)C)c(C)c1. The van der Waals surface area contributed by atoms with Gasteiger partial charge in [0.15, 0.2) is 0 Å². The maximum Gasteiger partial charge on any atom is 0.379 e. The number of esters is 1. The van der Waals surface area contributed by atoms with Crippen molar-refractivity contribution in [3.63, 3.8) is 0 Å². The van der Waals surface area contributed by atoms with E-state index in [1.165, 1.54) is 6.20 Å². The maximum absolute atomic E-state index is 11.7. The van der Waals surface area contributed by atoms with E-state index in [0.29, 0.717) is 11.4 Å². The second-order valence-corrected chi connectivity index (χ2v) is 4.06. The molecule has 98 valence electrons. The summed E-state index contributed by atoms with van der Waals surface area (Å²) in [7, 11) is 0. The number of hydrogen-bond acceptors (Lipinski definition) is 5. The van der Waals surface area contributed by atoms with E-state index >= 15 is 0 Å². The van der Waals surface area contributed by atoms with E-state index in [4.69, 9.17) is 4.74 Å². The molecule has 0 fully saturated rings. The Labute approximate surface area is 106 Å². The monoisotopic (exact) mass is 251 g/mol. The van der Waals surface area contributed by atoms with E-state index in [-0.39, 0.29) is 18.3 Å². The highest BCUT2D eigenvalue weighted by Gasteiger charge is 2.19. The fraction of sp³-hybridized carbons (Fsp3) is 0.462. The van der Waals surface area contributed by atoms with Crippen LogP contribution in [0.1, 0.15) is 36.7 Å². The van der Waals surface area contributed by atoms with E-state index in [2.05, 4.69) is 9.72 Å². The Morgan fingerprint density at radius 3 is 2.56 bits per heavy atom. The Kier molecular flexibility index (Phi) is 4.83. The van der Waals surface area contributed by atoms with Crippen LogP contribution in [0.15, 0.2) is 12.3 Å². The fourth-order valence-electron chi connectivity index (χ4n) is 1.35. The summed E-state index contributed by atoms with van der Waals surface area (Å²) in [6.07, 6.45) is 1.33.